The molecular formula is C16H28N2O2. The molecule has 1 saturated carbocycles. The van der Waals surface area contributed by atoms with E-state index in [0.717, 1.165) is 38.5 Å². The second-order valence-corrected chi connectivity index (χ2v) is 6.59. The molecule has 0 bridgehead atoms. The molecule has 2 rings (SSSR count). The van der Waals surface area contributed by atoms with Crippen LogP contribution in [0.4, 0.5) is 0 Å². The minimum Gasteiger partial charge on any atom is -0.342 e. The van der Waals surface area contributed by atoms with Gasteiger partial charge in [-0.05, 0) is 33.1 Å². The van der Waals surface area contributed by atoms with E-state index in [1.165, 1.54) is 6.42 Å². The molecule has 1 N–H and O–H groups in total. The summed E-state index contributed by atoms with van der Waals surface area (Å²) in [5.41, 5.74) is -0.609. The van der Waals surface area contributed by atoms with Crippen molar-refractivity contribution in [3.8, 4) is 0 Å². The van der Waals surface area contributed by atoms with Gasteiger partial charge in [-0.15, -0.1) is 0 Å². The maximum Gasteiger partial charge on any atom is 0.248 e. The molecule has 2 fully saturated rings. The quantitative estimate of drug-likeness (QED) is 0.864. The molecule has 114 valence electrons. The van der Waals surface area contributed by atoms with Crippen LogP contribution in [0.1, 0.15) is 72.1 Å². The number of hydrogen-bond acceptors (Lipinski definition) is 2. The van der Waals surface area contributed by atoms with Gasteiger partial charge >= 0.3 is 0 Å². The molecule has 0 aromatic rings. The van der Waals surface area contributed by atoms with E-state index in [1.807, 2.05) is 11.8 Å². The fourth-order valence-electron chi connectivity index (χ4n) is 3.87. The zero-order valence-corrected chi connectivity index (χ0v) is 13.1. The molecule has 1 heterocycles. The average Bonchev–Trinajstić information content (AvgIpc) is 2.47. The Labute approximate surface area is 122 Å². The number of nitrogens with zero attached hydrogens (tertiary/aromatic N) is 1. The van der Waals surface area contributed by atoms with Crippen LogP contribution in [-0.2, 0) is 9.59 Å². The van der Waals surface area contributed by atoms with Gasteiger partial charge in [0.05, 0.1) is 0 Å². The summed E-state index contributed by atoms with van der Waals surface area (Å²) >= 11 is 0. The third-order valence-electron chi connectivity index (χ3n) is 4.87. The Kier molecular flexibility index (Phi) is 4.71. The molecule has 0 radical (unpaired) electrons. The Morgan fingerprint density at radius 3 is 2.55 bits per heavy atom. The number of carbonyl (C=O) groups is 2. The van der Waals surface area contributed by atoms with Gasteiger partial charge in [0.15, 0.2) is 0 Å². The third kappa shape index (κ3) is 2.84. The highest BCUT2D eigenvalue weighted by molar-refractivity contribution is 5.94. The van der Waals surface area contributed by atoms with Gasteiger partial charge in [0, 0.05) is 18.5 Å². The van der Waals surface area contributed by atoms with E-state index >= 15 is 0 Å². The monoisotopic (exact) mass is 280 g/mol. The van der Waals surface area contributed by atoms with Crippen LogP contribution in [0.25, 0.3) is 0 Å². The summed E-state index contributed by atoms with van der Waals surface area (Å²) in [6.07, 6.45) is 7.35. The highest BCUT2D eigenvalue weighted by atomic mass is 16.2. The highest BCUT2D eigenvalue weighted by Gasteiger charge is 2.47. The molecule has 2 unspecified atom stereocenters. The lowest BCUT2D eigenvalue weighted by molar-refractivity contribution is -0.143. The van der Waals surface area contributed by atoms with Gasteiger partial charge in [-0.2, -0.15) is 0 Å². The number of nitrogens with one attached hydrogen (secondary N) is 1. The van der Waals surface area contributed by atoms with Crippen molar-refractivity contribution in [3.63, 3.8) is 0 Å². The van der Waals surface area contributed by atoms with Crippen molar-refractivity contribution in [2.24, 2.45) is 0 Å². The van der Waals surface area contributed by atoms with E-state index in [9.17, 15) is 9.59 Å². The summed E-state index contributed by atoms with van der Waals surface area (Å²) in [6.45, 7) is 6.26. The summed E-state index contributed by atoms with van der Waals surface area (Å²) in [6, 6.07) is 0.222. The Hall–Kier alpha value is -1.06. The molecule has 1 saturated heterocycles. The van der Waals surface area contributed by atoms with Crippen LogP contribution >= 0.6 is 0 Å². The predicted molar refractivity (Wildman–Crippen MR) is 79.3 cm³/mol. The van der Waals surface area contributed by atoms with Crippen molar-refractivity contribution >= 4 is 11.8 Å². The molecule has 0 aromatic heterocycles. The van der Waals surface area contributed by atoms with Crippen LogP contribution in [0.15, 0.2) is 0 Å². The molecule has 2 amide bonds. The normalized spacial score (nSPS) is 28.1. The minimum absolute atomic E-state index is 0.00496. The highest BCUT2D eigenvalue weighted by Crippen LogP contribution is 2.34. The molecule has 1 aliphatic carbocycles. The van der Waals surface area contributed by atoms with Gasteiger partial charge in [0.1, 0.15) is 5.54 Å². The number of rotatable bonds is 3. The summed E-state index contributed by atoms with van der Waals surface area (Å²) in [5.74, 6) is 0.204. The Morgan fingerprint density at radius 2 is 1.95 bits per heavy atom. The smallest absolute Gasteiger partial charge is 0.248 e. The number of hydrogen-bond donors (Lipinski definition) is 1. The molecule has 4 nitrogen and oxygen atoms in total. The van der Waals surface area contributed by atoms with E-state index < -0.39 is 5.54 Å². The first kappa shape index (κ1) is 15.3. The predicted octanol–water partition coefficient (Wildman–Crippen LogP) is 2.61. The van der Waals surface area contributed by atoms with Gasteiger partial charge in [-0.3, -0.25) is 9.59 Å². The average molecular weight is 280 g/mol. The Morgan fingerprint density at radius 1 is 1.30 bits per heavy atom. The van der Waals surface area contributed by atoms with Crippen molar-refractivity contribution in [3.05, 3.63) is 0 Å². The van der Waals surface area contributed by atoms with E-state index in [0.29, 0.717) is 6.42 Å². The van der Waals surface area contributed by atoms with Gasteiger partial charge < -0.3 is 10.2 Å². The van der Waals surface area contributed by atoms with E-state index in [-0.39, 0.29) is 23.9 Å². The lowest BCUT2D eigenvalue weighted by Crippen LogP contribution is -2.60. The van der Waals surface area contributed by atoms with E-state index in [2.05, 4.69) is 19.2 Å². The first-order chi connectivity index (χ1) is 9.50. The van der Waals surface area contributed by atoms with Gasteiger partial charge in [-0.25, -0.2) is 0 Å². The van der Waals surface area contributed by atoms with Crippen LogP contribution in [-0.4, -0.2) is 34.3 Å². The molecule has 1 aliphatic heterocycles. The maximum absolute atomic E-state index is 13.1. The van der Waals surface area contributed by atoms with Crippen molar-refractivity contribution in [2.75, 3.05) is 0 Å². The zero-order chi connectivity index (χ0) is 14.8. The molecule has 20 heavy (non-hydrogen) atoms. The number of amides is 2. The SMILES string of the molecule is CCCC(C)N1C(=O)C2(CCCCC2)NC(=O)CC1C. The second-order valence-electron chi connectivity index (χ2n) is 6.59. The molecule has 4 heteroatoms. The topological polar surface area (TPSA) is 49.4 Å². The van der Waals surface area contributed by atoms with Crippen LogP contribution in [0.3, 0.4) is 0 Å². The fraction of sp³-hybridized carbons (Fsp3) is 0.875. The van der Waals surface area contributed by atoms with Gasteiger partial charge in [0.25, 0.3) is 0 Å². The zero-order valence-electron chi connectivity index (χ0n) is 13.1. The van der Waals surface area contributed by atoms with Crippen LogP contribution in [0, 0.1) is 0 Å². The van der Waals surface area contributed by atoms with Gasteiger partial charge in [0.2, 0.25) is 11.8 Å². The van der Waals surface area contributed by atoms with Crippen molar-refractivity contribution in [1.82, 2.24) is 10.2 Å². The van der Waals surface area contributed by atoms with Crippen molar-refractivity contribution < 1.29 is 9.59 Å². The summed E-state index contributed by atoms with van der Waals surface area (Å²) in [7, 11) is 0. The first-order valence-corrected chi connectivity index (χ1v) is 8.14. The third-order valence-corrected chi connectivity index (χ3v) is 4.87. The fourth-order valence-corrected chi connectivity index (χ4v) is 3.87. The summed E-state index contributed by atoms with van der Waals surface area (Å²) in [5, 5.41) is 3.07. The molecule has 2 atom stereocenters. The van der Waals surface area contributed by atoms with Crippen LogP contribution < -0.4 is 5.32 Å². The van der Waals surface area contributed by atoms with E-state index in [1.54, 1.807) is 0 Å². The second kappa shape index (κ2) is 6.15. The largest absolute Gasteiger partial charge is 0.342 e. The molecular weight excluding hydrogens is 252 g/mol. The summed E-state index contributed by atoms with van der Waals surface area (Å²) in [4.78, 5) is 27.2. The maximum atomic E-state index is 13.1. The van der Waals surface area contributed by atoms with Crippen molar-refractivity contribution in [2.45, 2.75) is 89.8 Å². The molecule has 0 aromatic carbocycles. The molecule has 1 spiro atoms. The number of carbonyl (C=O) groups excluding carboxylic acids is 2. The van der Waals surface area contributed by atoms with E-state index in [4.69, 9.17) is 0 Å². The molecule has 2 aliphatic rings. The summed E-state index contributed by atoms with van der Waals surface area (Å²) < 4.78 is 0. The van der Waals surface area contributed by atoms with Crippen molar-refractivity contribution in [1.29, 1.82) is 0 Å². The lowest BCUT2D eigenvalue weighted by Gasteiger charge is -2.41. The minimum atomic E-state index is -0.609. The standard InChI is InChI=1S/C16H28N2O2/c1-4-8-12(2)18-13(3)11-14(19)17-16(15(18)20)9-6-5-7-10-16/h12-13H,4-11H2,1-3H3,(H,17,19). The van der Waals surface area contributed by atoms with Crippen LogP contribution in [0.2, 0.25) is 0 Å². The first-order valence-electron chi connectivity index (χ1n) is 8.14. The Bertz CT molecular complexity index is 375. The Balaban J connectivity index is 2.29. The lowest BCUT2D eigenvalue weighted by atomic mass is 9.80. The van der Waals surface area contributed by atoms with Crippen LogP contribution in [0.5, 0.6) is 0 Å². The van der Waals surface area contributed by atoms with Gasteiger partial charge in [-0.1, -0.05) is 32.6 Å².